The van der Waals surface area contributed by atoms with Crippen molar-refractivity contribution in [3.05, 3.63) is 52.0 Å². The Labute approximate surface area is 174 Å². The summed E-state index contributed by atoms with van der Waals surface area (Å²) in [6.07, 6.45) is 1.57. The minimum absolute atomic E-state index is 0.104. The van der Waals surface area contributed by atoms with E-state index >= 15 is 0 Å². The zero-order valence-corrected chi connectivity index (χ0v) is 17.6. The molecule has 156 valence electrons. The standard InChI is InChI=1S/C22H28N2O4S/c1-14-18(29-13-23-14)20(27)24-17-8-9-22(12-25)11-16(15-6-4-3-5-7-15)10-21(2,28-22)19(17)26/h3-7,13,16-17,19,25-26H,8-12H2,1-2H3,(H,24,27)/t16-,17-,19+,21+,22+/m1/s1. The molecule has 1 amide bonds. The van der Waals surface area contributed by atoms with Gasteiger partial charge >= 0.3 is 0 Å². The third kappa shape index (κ3) is 3.84. The Morgan fingerprint density at radius 1 is 1.34 bits per heavy atom. The molecule has 2 bridgehead atoms. The first-order valence-electron chi connectivity index (χ1n) is 10.1. The molecule has 3 heterocycles. The number of thiazole rings is 1. The van der Waals surface area contributed by atoms with Crippen molar-refractivity contribution in [2.45, 2.75) is 68.8 Å². The van der Waals surface area contributed by atoms with Gasteiger partial charge in [-0.2, -0.15) is 0 Å². The predicted octanol–water partition coefficient (Wildman–Crippen LogP) is 2.79. The van der Waals surface area contributed by atoms with Gasteiger partial charge in [0.15, 0.2) is 0 Å². The molecule has 0 unspecified atom stereocenters. The van der Waals surface area contributed by atoms with Crippen LogP contribution in [0, 0.1) is 6.92 Å². The molecule has 5 atom stereocenters. The number of aromatic nitrogens is 1. The van der Waals surface area contributed by atoms with E-state index in [1.165, 1.54) is 16.9 Å². The number of hydrogen-bond donors (Lipinski definition) is 3. The van der Waals surface area contributed by atoms with Gasteiger partial charge in [-0.1, -0.05) is 30.3 Å². The lowest BCUT2D eigenvalue weighted by molar-refractivity contribution is -0.230. The van der Waals surface area contributed by atoms with Crippen LogP contribution < -0.4 is 5.32 Å². The molecule has 0 radical (unpaired) electrons. The van der Waals surface area contributed by atoms with Gasteiger partial charge in [0.05, 0.1) is 35.1 Å². The number of hydrogen-bond acceptors (Lipinski definition) is 6. The fourth-order valence-corrected chi connectivity index (χ4v) is 5.67. The van der Waals surface area contributed by atoms with E-state index in [1.807, 2.05) is 25.1 Å². The number of aryl methyl sites for hydroxylation is 1. The van der Waals surface area contributed by atoms with Crippen molar-refractivity contribution in [1.29, 1.82) is 0 Å². The zero-order valence-electron chi connectivity index (χ0n) is 16.8. The third-order valence-electron chi connectivity index (χ3n) is 6.46. The molecule has 2 aliphatic rings. The average molecular weight is 417 g/mol. The van der Waals surface area contributed by atoms with Gasteiger partial charge in [0.2, 0.25) is 0 Å². The van der Waals surface area contributed by atoms with E-state index in [2.05, 4.69) is 22.4 Å². The van der Waals surface area contributed by atoms with Crippen LogP contribution in [0.4, 0.5) is 0 Å². The maximum atomic E-state index is 12.7. The lowest BCUT2D eigenvalue weighted by atomic mass is 9.74. The highest BCUT2D eigenvalue weighted by Crippen LogP contribution is 2.49. The van der Waals surface area contributed by atoms with Crippen molar-refractivity contribution >= 4 is 17.2 Å². The normalized spacial score (nSPS) is 34.4. The number of ether oxygens (including phenoxy) is 1. The second-order valence-electron chi connectivity index (χ2n) is 8.60. The van der Waals surface area contributed by atoms with Crippen molar-refractivity contribution < 1.29 is 19.7 Å². The monoisotopic (exact) mass is 416 g/mol. The number of aliphatic hydroxyl groups excluding tert-OH is 2. The average Bonchev–Trinajstić information content (AvgIpc) is 3.14. The number of carbonyl (C=O) groups is 1. The predicted molar refractivity (Wildman–Crippen MR) is 111 cm³/mol. The van der Waals surface area contributed by atoms with Crippen LogP contribution in [0.5, 0.6) is 0 Å². The van der Waals surface area contributed by atoms with E-state index in [0.717, 1.165) is 0 Å². The molecule has 4 rings (SSSR count). The topological polar surface area (TPSA) is 91.7 Å². The molecular weight excluding hydrogens is 388 g/mol. The second-order valence-corrected chi connectivity index (χ2v) is 9.46. The van der Waals surface area contributed by atoms with Gasteiger partial charge in [-0.15, -0.1) is 11.3 Å². The summed E-state index contributed by atoms with van der Waals surface area (Å²) < 4.78 is 6.40. The van der Waals surface area contributed by atoms with Gasteiger partial charge in [0.1, 0.15) is 11.0 Å². The van der Waals surface area contributed by atoms with Crippen molar-refractivity contribution in [3.63, 3.8) is 0 Å². The van der Waals surface area contributed by atoms with E-state index in [4.69, 9.17) is 4.74 Å². The molecule has 7 heteroatoms. The number of nitrogens with zero attached hydrogens (tertiary/aromatic N) is 1. The zero-order chi connectivity index (χ0) is 20.6. The molecule has 0 spiro atoms. The number of aliphatic hydroxyl groups is 2. The number of nitrogens with one attached hydrogen (secondary N) is 1. The lowest BCUT2D eigenvalue weighted by Crippen LogP contribution is -2.58. The molecule has 1 aromatic carbocycles. The van der Waals surface area contributed by atoms with Gasteiger partial charge in [0.25, 0.3) is 5.91 Å². The smallest absolute Gasteiger partial charge is 0.263 e. The van der Waals surface area contributed by atoms with Gasteiger partial charge in [-0.25, -0.2) is 4.98 Å². The molecule has 0 saturated carbocycles. The first-order chi connectivity index (χ1) is 13.9. The Hall–Kier alpha value is -1.80. The molecule has 6 nitrogen and oxygen atoms in total. The Morgan fingerprint density at radius 2 is 2.10 bits per heavy atom. The van der Waals surface area contributed by atoms with E-state index in [1.54, 1.807) is 12.4 Å². The molecule has 2 aromatic rings. The summed E-state index contributed by atoms with van der Waals surface area (Å²) in [5.74, 6) is -0.0401. The van der Waals surface area contributed by atoms with Crippen LogP contribution in [-0.2, 0) is 4.74 Å². The molecule has 2 aliphatic heterocycles. The SMILES string of the molecule is Cc1ncsc1C(=O)N[C@@H]1CC[C@@]2(CO)C[C@H](c3ccccc3)C[C@](C)(O2)[C@H]1O. The first-order valence-corrected chi connectivity index (χ1v) is 11.0. The summed E-state index contributed by atoms with van der Waals surface area (Å²) in [5, 5.41) is 24.5. The third-order valence-corrected chi connectivity index (χ3v) is 7.39. The Balaban J connectivity index is 1.61. The molecule has 29 heavy (non-hydrogen) atoms. The first kappa shape index (κ1) is 20.5. The highest BCUT2D eigenvalue weighted by atomic mass is 32.1. The fourth-order valence-electron chi connectivity index (χ4n) is 4.97. The van der Waals surface area contributed by atoms with Crippen LogP contribution in [0.25, 0.3) is 0 Å². The summed E-state index contributed by atoms with van der Waals surface area (Å²) >= 11 is 1.30. The van der Waals surface area contributed by atoms with Gasteiger partial charge in [0, 0.05) is 0 Å². The van der Waals surface area contributed by atoms with E-state index in [9.17, 15) is 15.0 Å². The van der Waals surface area contributed by atoms with E-state index in [-0.39, 0.29) is 18.4 Å². The molecule has 1 aromatic heterocycles. The number of rotatable bonds is 4. The maximum Gasteiger partial charge on any atom is 0.263 e. The van der Waals surface area contributed by atoms with Crippen LogP contribution in [0.3, 0.4) is 0 Å². The molecular formula is C22H28N2O4S. The number of carbonyl (C=O) groups excluding carboxylic acids is 1. The lowest BCUT2D eigenvalue weighted by Gasteiger charge is -2.49. The second kappa shape index (κ2) is 7.80. The molecule has 3 N–H and O–H groups in total. The van der Waals surface area contributed by atoms with Crippen LogP contribution in [0.15, 0.2) is 35.8 Å². The molecule has 2 fully saturated rings. The van der Waals surface area contributed by atoms with Crippen LogP contribution in [-0.4, -0.2) is 51.1 Å². The Kier molecular flexibility index (Phi) is 5.50. The fraction of sp³-hybridized carbons (Fsp3) is 0.545. The van der Waals surface area contributed by atoms with Crippen molar-refractivity contribution in [2.24, 2.45) is 0 Å². The van der Waals surface area contributed by atoms with Crippen molar-refractivity contribution in [2.75, 3.05) is 6.61 Å². The van der Waals surface area contributed by atoms with Crippen LogP contribution in [0.2, 0.25) is 0 Å². The van der Waals surface area contributed by atoms with Gasteiger partial charge in [-0.05, 0) is 51.0 Å². The number of fused-ring (bicyclic) bond motifs is 2. The highest BCUT2D eigenvalue weighted by molar-refractivity contribution is 7.11. The summed E-state index contributed by atoms with van der Waals surface area (Å²) in [7, 11) is 0. The van der Waals surface area contributed by atoms with Crippen LogP contribution >= 0.6 is 11.3 Å². The van der Waals surface area contributed by atoms with E-state index in [0.29, 0.717) is 36.3 Å². The number of benzene rings is 1. The highest BCUT2D eigenvalue weighted by Gasteiger charge is 2.54. The maximum absolute atomic E-state index is 12.7. The summed E-state index contributed by atoms with van der Waals surface area (Å²) in [6.45, 7) is 3.60. The molecule has 0 aliphatic carbocycles. The van der Waals surface area contributed by atoms with Crippen molar-refractivity contribution in [1.82, 2.24) is 10.3 Å². The molecule has 2 saturated heterocycles. The Bertz CT molecular complexity index is 873. The van der Waals surface area contributed by atoms with E-state index < -0.39 is 23.3 Å². The minimum Gasteiger partial charge on any atom is -0.393 e. The summed E-state index contributed by atoms with van der Waals surface area (Å²) in [4.78, 5) is 17.4. The van der Waals surface area contributed by atoms with Crippen molar-refractivity contribution in [3.8, 4) is 0 Å². The quantitative estimate of drug-likeness (QED) is 0.713. The number of amides is 1. The van der Waals surface area contributed by atoms with Crippen LogP contribution in [0.1, 0.15) is 59.5 Å². The Morgan fingerprint density at radius 3 is 2.76 bits per heavy atom. The summed E-state index contributed by atoms with van der Waals surface area (Å²) in [5.41, 5.74) is 1.95. The van der Waals surface area contributed by atoms with Gasteiger partial charge in [-0.3, -0.25) is 4.79 Å². The largest absolute Gasteiger partial charge is 0.393 e. The van der Waals surface area contributed by atoms with Gasteiger partial charge < -0.3 is 20.3 Å². The minimum atomic E-state index is -0.875. The summed E-state index contributed by atoms with van der Waals surface area (Å²) in [6, 6.07) is 9.75.